The predicted molar refractivity (Wildman–Crippen MR) is 146 cm³/mol. The lowest BCUT2D eigenvalue weighted by atomic mass is 9.71. The molecule has 36 heavy (non-hydrogen) atoms. The molecule has 2 rings (SSSR count). The Morgan fingerprint density at radius 2 is 1.78 bits per heavy atom. The van der Waals surface area contributed by atoms with Gasteiger partial charge in [-0.25, -0.2) is 0 Å². The van der Waals surface area contributed by atoms with Crippen LogP contribution in [0.4, 0.5) is 0 Å². The van der Waals surface area contributed by atoms with Gasteiger partial charge in [0, 0.05) is 24.9 Å². The molecule has 1 aromatic rings. The first-order valence-corrected chi connectivity index (χ1v) is 16.2. The first-order chi connectivity index (χ1) is 16.6. The average molecular weight is 523 g/mol. The highest BCUT2D eigenvalue weighted by Crippen LogP contribution is 2.47. The Labute approximate surface area is 220 Å². The van der Waals surface area contributed by atoms with E-state index >= 15 is 0 Å². The minimum absolute atomic E-state index is 0.0463. The van der Waals surface area contributed by atoms with E-state index in [-0.39, 0.29) is 42.5 Å². The monoisotopic (exact) mass is 522 g/mol. The molecular weight excluding hydrogens is 472 g/mol. The fourth-order valence-corrected chi connectivity index (χ4v) is 5.73. The Hall–Kier alpha value is -1.25. The molecule has 1 heterocycles. The van der Waals surface area contributed by atoms with E-state index in [1.165, 1.54) is 0 Å². The molecule has 0 unspecified atom stereocenters. The molecule has 1 aliphatic heterocycles. The van der Waals surface area contributed by atoms with E-state index in [1.54, 1.807) is 0 Å². The molecular formula is C29H50O6Si. The number of hydrogen-bond acceptors (Lipinski definition) is 6. The van der Waals surface area contributed by atoms with Crippen molar-refractivity contribution in [1.82, 2.24) is 0 Å². The van der Waals surface area contributed by atoms with E-state index in [4.69, 9.17) is 18.6 Å². The van der Waals surface area contributed by atoms with Gasteiger partial charge in [0.2, 0.25) is 0 Å². The number of rotatable bonds is 11. The van der Waals surface area contributed by atoms with Crippen LogP contribution in [-0.4, -0.2) is 57.5 Å². The predicted octanol–water partition coefficient (Wildman–Crippen LogP) is 6.12. The van der Waals surface area contributed by atoms with Crippen LogP contribution in [0, 0.1) is 10.8 Å². The van der Waals surface area contributed by atoms with E-state index in [0.29, 0.717) is 32.5 Å². The van der Waals surface area contributed by atoms with Crippen molar-refractivity contribution in [3.63, 3.8) is 0 Å². The van der Waals surface area contributed by atoms with Crippen LogP contribution >= 0.6 is 0 Å². The second kappa shape index (κ2) is 12.5. The number of esters is 1. The minimum Gasteiger partial charge on any atom is -0.465 e. The highest BCUT2D eigenvalue weighted by molar-refractivity contribution is 6.74. The number of carbonyl (C=O) groups is 1. The number of carbonyl (C=O) groups excluding carboxylic acids is 1. The summed E-state index contributed by atoms with van der Waals surface area (Å²) < 4.78 is 25.3. The molecule has 0 spiro atoms. The SMILES string of the molecule is CC(C)(C)C(=O)OCC[C@@H]1O[C@H](COCc2ccccc2)C[C@@H](O[Si](C)(C)C(C)(C)C)[C@@]1(C)CCO. The minimum atomic E-state index is -2.09. The summed E-state index contributed by atoms with van der Waals surface area (Å²) in [5.74, 6) is -0.223. The molecule has 0 saturated carbocycles. The van der Waals surface area contributed by atoms with Crippen molar-refractivity contribution < 1.29 is 28.5 Å². The van der Waals surface area contributed by atoms with Gasteiger partial charge in [0.05, 0.1) is 43.5 Å². The first-order valence-electron chi connectivity index (χ1n) is 13.3. The third-order valence-electron chi connectivity index (χ3n) is 7.84. The summed E-state index contributed by atoms with van der Waals surface area (Å²) in [7, 11) is -2.09. The van der Waals surface area contributed by atoms with Crippen molar-refractivity contribution in [2.45, 2.75) is 111 Å². The molecule has 0 radical (unpaired) electrons. The molecule has 0 amide bonds. The molecule has 1 fully saturated rings. The Morgan fingerprint density at radius 3 is 2.33 bits per heavy atom. The summed E-state index contributed by atoms with van der Waals surface area (Å²) in [6, 6.07) is 10.1. The third kappa shape index (κ3) is 8.38. The summed E-state index contributed by atoms with van der Waals surface area (Å²) in [6.45, 7) is 20.3. The smallest absolute Gasteiger partial charge is 0.311 e. The lowest BCUT2D eigenvalue weighted by molar-refractivity contribution is -0.200. The van der Waals surface area contributed by atoms with Crippen LogP contribution in [0.1, 0.15) is 73.3 Å². The number of hydrogen-bond donors (Lipinski definition) is 1. The molecule has 1 aromatic carbocycles. The molecule has 4 atom stereocenters. The van der Waals surface area contributed by atoms with Gasteiger partial charge < -0.3 is 23.7 Å². The molecule has 6 nitrogen and oxygen atoms in total. The molecule has 1 N–H and O–H groups in total. The summed E-state index contributed by atoms with van der Waals surface area (Å²) >= 11 is 0. The van der Waals surface area contributed by atoms with Gasteiger partial charge in [-0.15, -0.1) is 0 Å². The lowest BCUT2D eigenvalue weighted by Crippen LogP contribution is -2.58. The molecule has 1 saturated heterocycles. The second-order valence-electron chi connectivity index (χ2n) is 13.0. The van der Waals surface area contributed by atoms with Gasteiger partial charge in [0.15, 0.2) is 8.32 Å². The molecule has 7 heteroatoms. The highest BCUT2D eigenvalue weighted by Gasteiger charge is 2.51. The number of ether oxygens (including phenoxy) is 3. The molecule has 0 aromatic heterocycles. The lowest BCUT2D eigenvalue weighted by Gasteiger charge is -2.53. The van der Waals surface area contributed by atoms with Crippen molar-refractivity contribution in [1.29, 1.82) is 0 Å². The van der Waals surface area contributed by atoms with E-state index in [1.807, 2.05) is 39.0 Å². The van der Waals surface area contributed by atoms with Crippen LogP contribution in [0.25, 0.3) is 0 Å². The topological polar surface area (TPSA) is 74.2 Å². The molecule has 0 bridgehead atoms. The maximum Gasteiger partial charge on any atom is 0.311 e. The first kappa shape index (κ1) is 31.0. The number of benzene rings is 1. The highest BCUT2D eigenvalue weighted by atomic mass is 28.4. The molecule has 0 aliphatic carbocycles. The van der Waals surface area contributed by atoms with Gasteiger partial charge in [-0.05, 0) is 50.9 Å². The van der Waals surface area contributed by atoms with Crippen LogP contribution in [0.15, 0.2) is 30.3 Å². The fourth-order valence-electron chi connectivity index (χ4n) is 4.30. The normalized spacial score (nSPS) is 25.6. The van der Waals surface area contributed by atoms with E-state index < -0.39 is 19.1 Å². The van der Waals surface area contributed by atoms with E-state index in [9.17, 15) is 9.90 Å². The quantitative estimate of drug-likeness (QED) is 0.279. The standard InChI is InChI=1S/C29H50O6Si/c1-27(2,3)26(31)33-18-15-24-29(7,16-17-30)25(35-36(8,9)28(4,5)6)19-23(34-24)21-32-20-22-13-11-10-12-14-22/h10-14,23-25,30H,15-21H2,1-9H3/t23-,24-,25+,29-/m0/s1. The summed E-state index contributed by atoms with van der Waals surface area (Å²) in [5.41, 5.74) is 0.163. The zero-order chi connectivity index (χ0) is 27.2. The van der Waals surface area contributed by atoms with Crippen molar-refractivity contribution in [2.75, 3.05) is 19.8 Å². The summed E-state index contributed by atoms with van der Waals surface area (Å²) in [4.78, 5) is 12.4. The van der Waals surface area contributed by atoms with Crippen molar-refractivity contribution >= 4 is 14.3 Å². The van der Waals surface area contributed by atoms with Crippen molar-refractivity contribution in [3.8, 4) is 0 Å². The van der Waals surface area contributed by atoms with Gasteiger partial charge in [0.1, 0.15) is 0 Å². The summed E-state index contributed by atoms with van der Waals surface area (Å²) in [6.07, 6.45) is 1.35. The van der Waals surface area contributed by atoms with E-state index in [2.05, 4.69) is 52.9 Å². The average Bonchev–Trinajstić information content (AvgIpc) is 2.76. The Morgan fingerprint density at radius 1 is 1.14 bits per heavy atom. The van der Waals surface area contributed by atoms with Gasteiger partial charge in [-0.3, -0.25) is 4.79 Å². The maximum absolute atomic E-state index is 12.4. The van der Waals surface area contributed by atoms with Crippen LogP contribution < -0.4 is 0 Å². The zero-order valence-electron chi connectivity index (χ0n) is 24.1. The second-order valence-corrected chi connectivity index (χ2v) is 17.8. The van der Waals surface area contributed by atoms with Crippen molar-refractivity contribution in [3.05, 3.63) is 35.9 Å². The van der Waals surface area contributed by atoms with Crippen LogP contribution in [0.5, 0.6) is 0 Å². The Balaban J connectivity index is 2.21. The maximum atomic E-state index is 12.4. The van der Waals surface area contributed by atoms with Crippen LogP contribution in [0.3, 0.4) is 0 Å². The Kier molecular flexibility index (Phi) is 10.8. The Bertz CT molecular complexity index is 813. The van der Waals surface area contributed by atoms with Crippen LogP contribution in [-0.2, 0) is 30.0 Å². The van der Waals surface area contributed by atoms with Gasteiger partial charge in [-0.2, -0.15) is 0 Å². The van der Waals surface area contributed by atoms with E-state index in [0.717, 1.165) is 5.56 Å². The third-order valence-corrected chi connectivity index (χ3v) is 12.3. The largest absolute Gasteiger partial charge is 0.465 e. The number of aliphatic hydroxyl groups is 1. The summed E-state index contributed by atoms with van der Waals surface area (Å²) in [5, 5.41) is 10.1. The number of aliphatic hydroxyl groups excluding tert-OH is 1. The molecule has 206 valence electrons. The van der Waals surface area contributed by atoms with Gasteiger partial charge in [0.25, 0.3) is 0 Å². The van der Waals surface area contributed by atoms with Crippen LogP contribution in [0.2, 0.25) is 18.1 Å². The van der Waals surface area contributed by atoms with Gasteiger partial charge >= 0.3 is 5.97 Å². The van der Waals surface area contributed by atoms with Gasteiger partial charge in [-0.1, -0.05) is 58.0 Å². The van der Waals surface area contributed by atoms with Crippen molar-refractivity contribution in [2.24, 2.45) is 10.8 Å². The fraction of sp³-hybridized carbons (Fsp3) is 0.759. The zero-order valence-corrected chi connectivity index (χ0v) is 25.1. The molecule has 1 aliphatic rings.